The van der Waals surface area contributed by atoms with Crippen LogP contribution in [0, 0.1) is 6.92 Å². The average molecular weight is 1200 g/mol. The quantitative estimate of drug-likeness (QED) is 0.0471. The fraction of sp³-hybridized carbons (Fsp3) is 0.158. The number of aldehydes is 3. The summed E-state index contributed by atoms with van der Waals surface area (Å²) in [6.45, 7) is 7.21. The molecule has 0 amide bonds. The molecule has 0 aliphatic carbocycles. The van der Waals surface area contributed by atoms with Gasteiger partial charge in [-0.15, -0.1) is 0 Å². The van der Waals surface area contributed by atoms with E-state index in [9.17, 15) is 19.2 Å². The van der Waals surface area contributed by atoms with Gasteiger partial charge >= 0.3 is 5.63 Å². The largest absolute Gasteiger partial charge is 0.507 e. The number of carbonyl (C=O) groups is 3. The Balaban J connectivity index is 0.000000161. The van der Waals surface area contributed by atoms with Crippen molar-refractivity contribution in [3.05, 3.63) is 203 Å². The zero-order valence-corrected chi connectivity index (χ0v) is 46.0. The number of phenolic OH excluding ortho intramolecular Hbond substituents is 1. The lowest BCUT2D eigenvalue weighted by Crippen LogP contribution is -2.25. The lowest BCUT2D eigenvalue weighted by molar-refractivity contribution is -0.152. The Labute approximate surface area is 468 Å². The SMILES string of the molecule is CCOC(COc1ccc(Cl)cc1C=O)OCC.Cc1cc(=O)oc2cc(OCc3cc4cc(Cl)ccc4o3)ccc12.Clc1ccc2oc(CBr)cc2c1.O=Cc1cc(Cl)ccc1O.O=Cc1cc2cc(Cl)ccc2o1. The lowest BCUT2D eigenvalue weighted by atomic mass is 10.1. The molecule has 6 aromatic carbocycles. The minimum Gasteiger partial charge on any atom is -0.507 e. The molecule has 394 valence electrons. The zero-order valence-electron chi connectivity index (χ0n) is 40.7. The highest BCUT2D eigenvalue weighted by atomic mass is 79.9. The first kappa shape index (κ1) is 58.7. The van der Waals surface area contributed by atoms with E-state index in [1.54, 1.807) is 54.6 Å². The molecule has 76 heavy (non-hydrogen) atoms. The van der Waals surface area contributed by atoms with Gasteiger partial charge in [0.25, 0.3) is 0 Å². The van der Waals surface area contributed by atoms with Gasteiger partial charge in [0.1, 0.15) is 64.3 Å². The number of hydrogen-bond acceptors (Lipinski definition) is 13. The van der Waals surface area contributed by atoms with E-state index in [0.717, 1.165) is 54.4 Å². The molecule has 19 heteroatoms. The van der Waals surface area contributed by atoms with Crippen molar-refractivity contribution in [2.75, 3.05) is 19.8 Å². The van der Waals surface area contributed by atoms with E-state index in [4.69, 9.17) is 99.7 Å². The molecule has 1 N–H and O–H groups in total. The molecular weight excluding hydrogens is 1150 g/mol. The van der Waals surface area contributed by atoms with E-state index in [2.05, 4.69) is 15.9 Å². The molecule has 0 atom stereocenters. The van der Waals surface area contributed by atoms with Crippen LogP contribution in [0.5, 0.6) is 17.2 Å². The van der Waals surface area contributed by atoms with Crippen LogP contribution in [0.2, 0.25) is 25.1 Å². The van der Waals surface area contributed by atoms with Gasteiger partial charge in [-0.2, -0.15) is 0 Å². The summed E-state index contributed by atoms with van der Waals surface area (Å²) in [4.78, 5) is 42.9. The first-order valence-electron chi connectivity index (χ1n) is 22.9. The predicted octanol–water partition coefficient (Wildman–Crippen LogP) is 16.7. The second-order valence-corrected chi connectivity index (χ2v) is 18.6. The van der Waals surface area contributed by atoms with E-state index in [1.807, 2.05) is 75.4 Å². The van der Waals surface area contributed by atoms with E-state index < -0.39 is 6.29 Å². The topological polar surface area (TPSA) is 178 Å². The summed E-state index contributed by atoms with van der Waals surface area (Å²) < 4.78 is 43.5. The van der Waals surface area contributed by atoms with Gasteiger partial charge in [-0.05, 0) is 148 Å². The number of halogens is 6. The van der Waals surface area contributed by atoms with Gasteiger partial charge in [0.2, 0.25) is 0 Å². The summed E-state index contributed by atoms with van der Waals surface area (Å²) in [5.74, 6) is 2.98. The third-order valence-corrected chi connectivity index (χ3v) is 12.1. The maximum atomic E-state index is 11.5. The number of furan rings is 3. The van der Waals surface area contributed by atoms with E-state index in [1.165, 1.54) is 24.3 Å². The minimum atomic E-state index is -0.435. The Morgan fingerprint density at radius 1 is 0.553 bits per heavy atom. The first-order valence-corrected chi connectivity index (χ1v) is 25.9. The fourth-order valence-electron chi connectivity index (χ4n) is 6.95. The van der Waals surface area contributed by atoms with E-state index in [-0.39, 0.29) is 30.2 Å². The van der Waals surface area contributed by atoms with Gasteiger partial charge in [-0.3, -0.25) is 14.4 Å². The normalized spacial score (nSPS) is 10.7. The Bertz CT molecular complexity index is 3620. The molecule has 0 aliphatic rings. The van der Waals surface area contributed by atoms with Crippen molar-refractivity contribution >= 4 is 137 Å². The third-order valence-electron chi connectivity index (χ3n) is 10.4. The summed E-state index contributed by atoms with van der Waals surface area (Å²) in [6.07, 6.45) is 1.50. The minimum absolute atomic E-state index is 0.0422. The van der Waals surface area contributed by atoms with Gasteiger partial charge < -0.3 is 41.7 Å². The Morgan fingerprint density at radius 3 is 1.64 bits per heavy atom. The molecule has 0 unspecified atom stereocenters. The number of rotatable bonds is 14. The molecular formula is C57H46BrCl5O13. The van der Waals surface area contributed by atoms with Crippen LogP contribution in [-0.2, 0) is 21.4 Å². The van der Waals surface area contributed by atoms with Crippen molar-refractivity contribution in [3.8, 4) is 17.2 Å². The summed E-state index contributed by atoms with van der Waals surface area (Å²) in [5.41, 5.74) is 3.97. The van der Waals surface area contributed by atoms with E-state index in [0.29, 0.717) is 91.9 Å². The molecule has 10 rings (SSSR count). The van der Waals surface area contributed by atoms with Gasteiger partial charge in [0.15, 0.2) is 30.9 Å². The number of carbonyl (C=O) groups excluding carboxylic acids is 3. The molecule has 4 heterocycles. The van der Waals surface area contributed by atoms with Crippen molar-refractivity contribution in [2.45, 2.75) is 39.0 Å². The van der Waals surface area contributed by atoms with Crippen molar-refractivity contribution in [1.82, 2.24) is 0 Å². The molecule has 10 aromatic rings. The molecule has 0 bridgehead atoms. The number of alkyl halides is 1. The van der Waals surface area contributed by atoms with Gasteiger partial charge in [0.05, 0.1) is 16.5 Å². The van der Waals surface area contributed by atoms with Crippen LogP contribution in [-0.4, -0.2) is 50.1 Å². The number of phenols is 1. The standard InChI is InChI=1S/C19H13ClO4.C13H17ClO4.C9H6BrClO.C9H5ClO2.C7H5ClO2/c1-11-6-19(21)24-18-9-14(3-4-16(11)18)22-10-15-8-12-7-13(20)2-5-17(12)23-15;1-3-16-13(17-4-2)9-18-12-6-5-11(14)7-10(12)8-15;10-5-8-4-6-3-7(11)1-2-9(6)12-8;10-7-1-2-9-6(3-7)4-8(5-11)12-9;8-6-1-2-7(10)5(3-6)4-9/h2-9H,10H2,1H3;5-8,13H,3-4,9H2,1-2H3;1-4H,5H2;1-5H;1-4,10H. The first-order chi connectivity index (χ1) is 36.6. The van der Waals surface area contributed by atoms with Gasteiger partial charge in [-0.1, -0.05) is 73.9 Å². The second kappa shape index (κ2) is 29.1. The Hall–Kier alpha value is -6.59. The summed E-state index contributed by atoms with van der Waals surface area (Å²) in [7, 11) is 0. The fourth-order valence-corrected chi connectivity index (χ4v) is 8.13. The van der Waals surface area contributed by atoms with Crippen LogP contribution in [0.3, 0.4) is 0 Å². The third kappa shape index (κ3) is 17.2. The lowest BCUT2D eigenvalue weighted by Gasteiger charge is -2.18. The number of benzene rings is 6. The second-order valence-electron chi connectivity index (χ2n) is 15.8. The maximum absolute atomic E-state index is 11.5. The van der Waals surface area contributed by atoms with Crippen molar-refractivity contribution in [1.29, 1.82) is 0 Å². The van der Waals surface area contributed by atoms with Gasteiger partial charge in [-0.25, -0.2) is 4.79 Å². The highest BCUT2D eigenvalue weighted by molar-refractivity contribution is 9.08. The number of ether oxygens (including phenoxy) is 4. The monoisotopic (exact) mass is 1190 g/mol. The highest BCUT2D eigenvalue weighted by Crippen LogP contribution is 2.28. The van der Waals surface area contributed by atoms with E-state index >= 15 is 0 Å². The molecule has 13 nitrogen and oxygen atoms in total. The summed E-state index contributed by atoms with van der Waals surface area (Å²) in [6, 6.07) is 37.9. The zero-order chi connectivity index (χ0) is 54.7. The molecule has 0 saturated carbocycles. The van der Waals surface area contributed by atoms with Crippen LogP contribution in [0.4, 0.5) is 0 Å². The van der Waals surface area contributed by atoms with Crippen LogP contribution in [0.15, 0.2) is 156 Å². The van der Waals surface area contributed by atoms with Crippen LogP contribution in [0.25, 0.3) is 43.9 Å². The van der Waals surface area contributed by atoms with Crippen molar-refractivity contribution in [2.24, 2.45) is 0 Å². The summed E-state index contributed by atoms with van der Waals surface area (Å²) >= 11 is 32.2. The van der Waals surface area contributed by atoms with Crippen molar-refractivity contribution < 1.29 is 56.1 Å². The number of aromatic hydroxyl groups is 1. The number of fused-ring (bicyclic) bond motifs is 4. The molecule has 0 radical (unpaired) electrons. The molecule has 4 aromatic heterocycles. The van der Waals surface area contributed by atoms with Crippen molar-refractivity contribution in [3.63, 3.8) is 0 Å². The molecule has 0 spiro atoms. The smallest absolute Gasteiger partial charge is 0.336 e. The number of hydrogen-bond donors (Lipinski definition) is 1. The molecule has 0 aliphatic heterocycles. The maximum Gasteiger partial charge on any atom is 0.336 e. The van der Waals surface area contributed by atoms with Crippen LogP contribution < -0.4 is 15.1 Å². The predicted molar refractivity (Wildman–Crippen MR) is 301 cm³/mol. The Morgan fingerprint density at radius 2 is 1.08 bits per heavy atom. The molecule has 0 fully saturated rings. The number of aryl methyl sites for hydroxylation is 1. The molecule has 0 saturated heterocycles. The van der Waals surface area contributed by atoms with Crippen LogP contribution >= 0.6 is 73.9 Å². The highest BCUT2D eigenvalue weighted by Gasteiger charge is 2.12. The van der Waals surface area contributed by atoms with Gasteiger partial charge in [0, 0.05) is 72.0 Å². The average Bonchev–Trinajstić information content (AvgIpc) is 4.15. The Kier molecular flexibility index (Phi) is 22.4. The van der Waals surface area contributed by atoms with Crippen LogP contribution in [0.1, 0.15) is 62.2 Å². The summed E-state index contributed by atoms with van der Waals surface area (Å²) in [5, 5.41) is 16.4.